The van der Waals surface area contributed by atoms with Crippen molar-refractivity contribution in [2.45, 2.75) is 65.2 Å². The molecule has 0 aromatic heterocycles. The molecule has 1 aliphatic carbocycles. The number of hydrogen-bond acceptors (Lipinski definition) is 1. The van der Waals surface area contributed by atoms with Crippen LogP contribution in [0.25, 0.3) is 44.2 Å². The highest BCUT2D eigenvalue weighted by molar-refractivity contribution is 6.71. The molecule has 0 saturated carbocycles. The van der Waals surface area contributed by atoms with E-state index in [9.17, 15) is 0 Å². The molecule has 0 saturated heterocycles. The van der Waals surface area contributed by atoms with Gasteiger partial charge in [-0.25, -0.2) is 0 Å². The van der Waals surface area contributed by atoms with Crippen molar-refractivity contribution >= 4 is 40.4 Å². The molecule has 1 atom stereocenters. The summed E-state index contributed by atoms with van der Waals surface area (Å²) in [6.45, 7) is 16.2. The SMILES string of the molecule is Cc1cc(-c2cc3ccccc3cc2Nc2ccc(-c3ccccc3)cc2)c2c(c1)[C@H]1c3ccc(C(C)(C)C)cc3-c3cc(C(C)(C)C)cc(c31)[B]2. The number of aryl methyl sites for hydroxylation is 1. The first-order valence-corrected chi connectivity index (χ1v) is 18.7. The van der Waals surface area contributed by atoms with Crippen LogP contribution < -0.4 is 16.2 Å². The second-order valence-corrected chi connectivity index (χ2v) is 17.0. The molecule has 2 aliphatic rings. The Balaban J connectivity index is 1.24. The minimum absolute atomic E-state index is 0.0289. The molecular weight excluding hydrogens is 625 g/mol. The number of fused-ring (bicyclic) bond motifs is 6. The largest absolute Gasteiger partial charge is 0.355 e. The number of nitrogens with one attached hydrogen (secondary N) is 1. The molecule has 0 unspecified atom stereocenters. The predicted octanol–water partition coefficient (Wildman–Crippen LogP) is 11.9. The van der Waals surface area contributed by atoms with Crippen LogP contribution in [0.5, 0.6) is 0 Å². The van der Waals surface area contributed by atoms with Crippen LogP contribution in [0.4, 0.5) is 11.4 Å². The van der Waals surface area contributed by atoms with Crippen molar-refractivity contribution in [1.82, 2.24) is 0 Å². The maximum absolute atomic E-state index is 3.87. The monoisotopic (exact) mass is 670 g/mol. The van der Waals surface area contributed by atoms with Gasteiger partial charge in [-0.1, -0.05) is 167 Å². The molecule has 0 amide bonds. The normalized spacial score (nSPS) is 14.4. The molecule has 0 spiro atoms. The topological polar surface area (TPSA) is 12.0 Å². The van der Waals surface area contributed by atoms with Gasteiger partial charge in [0.15, 0.2) is 7.28 Å². The minimum atomic E-state index is 0.0289. The van der Waals surface area contributed by atoms with Crippen LogP contribution >= 0.6 is 0 Å². The smallest absolute Gasteiger partial charge is 0.193 e. The van der Waals surface area contributed by atoms with E-state index < -0.39 is 0 Å². The molecule has 1 N–H and O–H groups in total. The van der Waals surface area contributed by atoms with E-state index >= 15 is 0 Å². The van der Waals surface area contributed by atoms with Crippen LogP contribution in [-0.2, 0) is 10.8 Å². The molecule has 1 heterocycles. The van der Waals surface area contributed by atoms with Crippen molar-refractivity contribution in [3.63, 3.8) is 0 Å². The van der Waals surface area contributed by atoms with Crippen molar-refractivity contribution < 1.29 is 0 Å². The minimum Gasteiger partial charge on any atom is -0.355 e. The van der Waals surface area contributed by atoms with Gasteiger partial charge in [-0.15, -0.1) is 0 Å². The molecule has 7 aromatic carbocycles. The van der Waals surface area contributed by atoms with Gasteiger partial charge < -0.3 is 5.32 Å². The number of rotatable bonds is 4. The zero-order valence-electron chi connectivity index (χ0n) is 31.4. The Morgan fingerprint density at radius 1 is 0.519 bits per heavy atom. The summed E-state index contributed by atoms with van der Waals surface area (Å²) in [6, 6.07) is 50.0. The number of anilines is 2. The van der Waals surface area contributed by atoms with E-state index in [1.807, 2.05) is 0 Å². The van der Waals surface area contributed by atoms with Crippen molar-refractivity contribution in [3.8, 4) is 33.4 Å². The predicted molar refractivity (Wildman–Crippen MR) is 225 cm³/mol. The molecule has 253 valence electrons. The Morgan fingerprint density at radius 3 is 1.88 bits per heavy atom. The maximum atomic E-state index is 3.87. The lowest BCUT2D eigenvalue weighted by atomic mass is 9.52. The van der Waals surface area contributed by atoms with Crippen molar-refractivity contribution in [1.29, 1.82) is 0 Å². The Morgan fingerprint density at radius 2 is 1.17 bits per heavy atom. The Labute approximate surface area is 310 Å². The molecule has 7 aromatic rings. The summed E-state index contributed by atoms with van der Waals surface area (Å²) in [5, 5.41) is 6.34. The molecule has 2 heteroatoms. The standard InChI is InChI=1S/C50H45BN/c1-30-23-42(40-25-33-15-11-12-16-34(33)26-45(40)52-37-20-17-32(18-21-37)31-13-9-8-10-14-31)48-43(24-30)46-38-22-19-35(49(2,3)4)27-39(38)41-28-36(50(5,6)7)29-44(51-48)47(41)46/h8-29,46,52H,1-7H3/t46-/m1/s1. The molecule has 1 radical (unpaired) electrons. The third-order valence-electron chi connectivity index (χ3n) is 11.3. The zero-order valence-corrected chi connectivity index (χ0v) is 31.4. The Bertz CT molecular complexity index is 2530. The average molecular weight is 671 g/mol. The van der Waals surface area contributed by atoms with E-state index in [0.29, 0.717) is 0 Å². The lowest BCUT2D eigenvalue weighted by Crippen LogP contribution is -2.41. The number of hydrogen-bond donors (Lipinski definition) is 1. The van der Waals surface area contributed by atoms with Crippen molar-refractivity contribution in [3.05, 3.63) is 167 Å². The van der Waals surface area contributed by atoms with Crippen LogP contribution in [0.1, 0.15) is 80.8 Å². The second-order valence-electron chi connectivity index (χ2n) is 17.0. The molecule has 0 fully saturated rings. The van der Waals surface area contributed by atoms with E-state index in [-0.39, 0.29) is 16.7 Å². The molecule has 9 rings (SSSR count). The van der Waals surface area contributed by atoms with Crippen LogP contribution in [0.15, 0.2) is 133 Å². The molecule has 1 nitrogen and oxygen atoms in total. The van der Waals surface area contributed by atoms with Crippen molar-refractivity contribution in [2.24, 2.45) is 0 Å². The third kappa shape index (κ3) is 5.48. The van der Waals surface area contributed by atoms with E-state index in [1.165, 1.54) is 88.5 Å². The Hall–Kier alpha value is -5.34. The lowest BCUT2D eigenvalue weighted by Gasteiger charge is -2.31. The third-order valence-corrected chi connectivity index (χ3v) is 11.3. The van der Waals surface area contributed by atoms with Gasteiger partial charge in [0.2, 0.25) is 0 Å². The highest BCUT2D eigenvalue weighted by Gasteiger charge is 2.39. The average Bonchev–Trinajstić information content (AvgIpc) is 3.46. The summed E-state index contributed by atoms with van der Waals surface area (Å²) in [4.78, 5) is 0. The second kappa shape index (κ2) is 11.9. The van der Waals surface area contributed by atoms with Crippen LogP contribution in [0.3, 0.4) is 0 Å². The summed E-state index contributed by atoms with van der Waals surface area (Å²) in [6.07, 6.45) is 0. The molecular formula is C50H45BN. The maximum Gasteiger partial charge on any atom is 0.193 e. The fourth-order valence-corrected chi connectivity index (χ4v) is 8.46. The van der Waals surface area contributed by atoms with Gasteiger partial charge in [-0.3, -0.25) is 0 Å². The van der Waals surface area contributed by atoms with E-state index in [4.69, 9.17) is 0 Å². The van der Waals surface area contributed by atoms with Gasteiger partial charge in [0, 0.05) is 22.9 Å². The summed E-state index contributed by atoms with van der Waals surface area (Å²) < 4.78 is 0. The Kier molecular flexibility index (Phi) is 7.42. The highest BCUT2D eigenvalue weighted by Crippen LogP contribution is 2.51. The summed E-state index contributed by atoms with van der Waals surface area (Å²) in [7, 11) is 2.50. The van der Waals surface area contributed by atoms with Gasteiger partial charge in [-0.2, -0.15) is 0 Å². The van der Waals surface area contributed by atoms with E-state index in [1.54, 1.807) is 0 Å². The molecule has 1 aliphatic heterocycles. The van der Waals surface area contributed by atoms with Gasteiger partial charge in [0.1, 0.15) is 0 Å². The first-order chi connectivity index (χ1) is 24.9. The highest BCUT2D eigenvalue weighted by atomic mass is 14.9. The van der Waals surface area contributed by atoms with Crippen molar-refractivity contribution in [2.75, 3.05) is 5.32 Å². The molecule has 52 heavy (non-hydrogen) atoms. The van der Waals surface area contributed by atoms with Gasteiger partial charge in [0.05, 0.1) is 0 Å². The van der Waals surface area contributed by atoms with Gasteiger partial charge >= 0.3 is 0 Å². The van der Waals surface area contributed by atoms with Gasteiger partial charge in [-0.05, 0) is 108 Å². The van der Waals surface area contributed by atoms with Gasteiger partial charge in [0.25, 0.3) is 0 Å². The first-order valence-electron chi connectivity index (χ1n) is 18.7. The quantitative estimate of drug-likeness (QED) is 0.184. The first kappa shape index (κ1) is 32.6. The lowest BCUT2D eigenvalue weighted by molar-refractivity contribution is 0.589. The summed E-state index contributed by atoms with van der Waals surface area (Å²) >= 11 is 0. The molecule has 0 bridgehead atoms. The van der Waals surface area contributed by atoms with E-state index in [2.05, 4.69) is 195 Å². The van der Waals surface area contributed by atoms with Crippen LogP contribution in [0, 0.1) is 6.92 Å². The van der Waals surface area contributed by atoms with E-state index in [0.717, 1.165) is 11.4 Å². The van der Waals surface area contributed by atoms with Crippen LogP contribution in [0.2, 0.25) is 0 Å². The fraction of sp³-hybridized carbons (Fsp3) is 0.200. The van der Waals surface area contributed by atoms with Crippen LogP contribution in [-0.4, -0.2) is 7.28 Å². The zero-order chi connectivity index (χ0) is 35.9. The number of benzene rings is 7. The summed E-state index contributed by atoms with van der Waals surface area (Å²) in [5.74, 6) is 0.198. The fourth-order valence-electron chi connectivity index (χ4n) is 8.46. The summed E-state index contributed by atoms with van der Waals surface area (Å²) in [5.41, 5.74) is 21.1.